The first kappa shape index (κ1) is 30.4. The quantitative estimate of drug-likeness (QED) is 0.316. The van der Waals surface area contributed by atoms with Gasteiger partial charge in [0.1, 0.15) is 17.5 Å². The van der Waals surface area contributed by atoms with Gasteiger partial charge in [-0.1, -0.05) is 24.2 Å². The van der Waals surface area contributed by atoms with Crippen molar-refractivity contribution >= 4 is 40.4 Å². The lowest BCUT2D eigenvalue weighted by Crippen LogP contribution is -2.57. The molecule has 3 aromatic rings. The van der Waals surface area contributed by atoms with Crippen LogP contribution in [0.25, 0.3) is 11.1 Å². The van der Waals surface area contributed by atoms with Gasteiger partial charge in [0.15, 0.2) is 5.82 Å². The Hall–Kier alpha value is -4.09. The molecule has 12 heteroatoms. The number of carbonyl (C=O) groups excluding carboxylic acids is 1. The number of fused-ring (bicyclic) bond motifs is 2. The largest absolute Gasteiger partial charge is 0.387 e. The number of benzene rings is 2. The van der Waals surface area contributed by atoms with Crippen molar-refractivity contribution in [2.24, 2.45) is 0 Å². The number of aliphatic hydroxyl groups is 1. The van der Waals surface area contributed by atoms with Crippen molar-refractivity contribution in [3.05, 3.63) is 82.4 Å². The molecule has 1 aromatic heterocycles. The molecule has 2 aromatic carbocycles. The molecule has 3 heterocycles. The molecule has 1 fully saturated rings. The van der Waals surface area contributed by atoms with Crippen molar-refractivity contribution in [1.82, 2.24) is 14.8 Å². The highest BCUT2D eigenvalue weighted by Crippen LogP contribution is 2.48. The van der Waals surface area contributed by atoms with Crippen molar-refractivity contribution in [3.63, 3.8) is 0 Å². The van der Waals surface area contributed by atoms with Gasteiger partial charge in [-0.25, -0.2) is 13.2 Å². The lowest BCUT2D eigenvalue weighted by atomic mass is 9.94. The van der Waals surface area contributed by atoms with Gasteiger partial charge in [0.2, 0.25) is 5.91 Å². The average Bonchev–Trinajstić information content (AvgIpc) is 2.97. The normalized spacial score (nSPS) is 17.5. The van der Waals surface area contributed by atoms with Crippen molar-refractivity contribution in [2.45, 2.75) is 32.4 Å². The highest BCUT2D eigenvalue weighted by atomic mass is 35.5. The summed E-state index contributed by atoms with van der Waals surface area (Å²) in [6.07, 6.45) is 2.25. The Morgan fingerprint density at radius 3 is 2.51 bits per heavy atom. The summed E-state index contributed by atoms with van der Waals surface area (Å²) < 4.78 is 47.2. The van der Waals surface area contributed by atoms with E-state index in [1.54, 1.807) is 34.7 Å². The summed E-state index contributed by atoms with van der Waals surface area (Å²) in [5.41, 5.74) is 0.0702. The molecule has 0 saturated carbocycles. The van der Waals surface area contributed by atoms with Gasteiger partial charge in [0, 0.05) is 51.0 Å². The standard InChI is InChI=1S/C31H32ClF3N6O2/c1-5-21(43)40-13-14-41-18(15-40)10-12-39(4)30-24(31(41)36)29(38-27-16(2)9-11-37-28(27)17(3)42)26(35)23(25(30)32)22-19(33)7-6-8-20(22)34/h5-9,11,17-18,36,38,42H,1,10,12-15H2,2-4H3. The molecule has 0 bridgehead atoms. The fourth-order valence-electron chi connectivity index (χ4n) is 5.85. The Balaban J connectivity index is 1.79. The predicted octanol–water partition coefficient (Wildman–Crippen LogP) is 5.79. The van der Waals surface area contributed by atoms with E-state index in [-0.39, 0.29) is 51.1 Å². The summed E-state index contributed by atoms with van der Waals surface area (Å²) in [4.78, 5) is 21.9. The summed E-state index contributed by atoms with van der Waals surface area (Å²) in [7, 11) is 1.71. The number of anilines is 3. The third kappa shape index (κ3) is 5.31. The summed E-state index contributed by atoms with van der Waals surface area (Å²) >= 11 is 6.87. The molecule has 0 aliphatic carbocycles. The summed E-state index contributed by atoms with van der Waals surface area (Å²) in [5, 5.41) is 22.7. The van der Waals surface area contributed by atoms with Gasteiger partial charge in [-0.05, 0) is 50.1 Å². The third-order valence-corrected chi connectivity index (χ3v) is 8.44. The number of aromatic nitrogens is 1. The van der Waals surface area contributed by atoms with E-state index in [9.17, 15) is 15.3 Å². The molecule has 2 atom stereocenters. The number of aliphatic hydroxyl groups excluding tert-OH is 1. The number of nitrogens with one attached hydrogen (secondary N) is 2. The minimum Gasteiger partial charge on any atom is -0.387 e. The fraction of sp³-hybridized carbons (Fsp3) is 0.323. The van der Waals surface area contributed by atoms with Crippen LogP contribution in [0.1, 0.15) is 36.3 Å². The third-order valence-electron chi connectivity index (χ3n) is 8.07. The smallest absolute Gasteiger partial charge is 0.246 e. The van der Waals surface area contributed by atoms with Gasteiger partial charge in [-0.2, -0.15) is 0 Å². The van der Waals surface area contributed by atoms with Gasteiger partial charge in [0.05, 0.1) is 45.0 Å². The number of rotatable bonds is 5. The number of hydrogen-bond acceptors (Lipinski definition) is 6. The van der Waals surface area contributed by atoms with Crippen LogP contribution in [0.4, 0.5) is 30.2 Å². The number of amides is 1. The Bertz CT molecular complexity index is 1610. The lowest BCUT2D eigenvalue weighted by Gasteiger charge is -2.45. The molecule has 2 aliphatic heterocycles. The Kier molecular flexibility index (Phi) is 8.40. The van der Waals surface area contributed by atoms with Crippen LogP contribution >= 0.6 is 11.6 Å². The number of piperazine rings is 1. The van der Waals surface area contributed by atoms with E-state index in [1.165, 1.54) is 25.3 Å². The SMILES string of the molecule is C=CC(=O)N1CCN2C(=N)c3c(Nc4c(C)ccnc4C(C)O)c(F)c(-c4c(F)cccc4F)c(Cl)c3N(C)CCC2C1. The highest BCUT2D eigenvalue weighted by Gasteiger charge is 2.38. The van der Waals surface area contributed by atoms with E-state index < -0.39 is 34.7 Å². The van der Waals surface area contributed by atoms with Crippen LogP contribution < -0.4 is 10.2 Å². The zero-order chi connectivity index (χ0) is 31.2. The molecule has 226 valence electrons. The van der Waals surface area contributed by atoms with E-state index in [0.29, 0.717) is 38.2 Å². The molecule has 0 radical (unpaired) electrons. The van der Waals surface area contributed by atoms with Crippen LogP contribution in [-0.2, 0) is 4.79 Å². The second-order valence-corrected chi connectivity index (χ2v) is 11.2. The lowest BCUT2D eigenvalue weighted by molar-refractivity contribution is -0.128. The van der Waals surface area contributed by atoms with Crippen LogP contribution in [-0.4, -0.2) is 70.9 Å². The van der Waals surface area contributed by atoms with Crippen LogP contribution in [0.3, 0.4) is 0 Å². The van der Waals surface area contributed by atoms with Crippen molar-refractivity contribution in [1.29, 1.82) is 5.41 Å². The molecule has 0 spiro atoms. The fourth-order valence-corrected chi connectivity index (χ4v) is 6.26. The van der Waals surface area contributed by atoms with Gasteiger partial charge >= 0.3 is 0 Å². The Labute approximate surface area is 252 Å². The van der Waals surface area contributed by atoms with Crippen LogP contribution in [0, 0.1) is 29.8 Å². The van der Waals surface area contributed by atoms with Gasteiger partial charge in [0.25, 0.3) is 0 Å². The Morgan fingerprint density at radius 1 is 1.16 bits per heavy atom. The molecule has 43 heavy (non-hydrogen) atoms. The maximum absolute atomic E-state index is 16.9. The van der Waals surface area contributed by atoms with Gasteiger partial charge in [-0.3, -0.25) is 15.2 Å². The molecule has 3 N–H and O–H groups in total. The summed E-state index contributed by atoms with van der Waals surface area (Å²) in [6, 6.07) is 4.63. The molecule has 8 nitrogen and oxygen atoms in total. The molecule has 1 amide bonds. The zero-order valence-corrected chi connectivity index (χ0v) is 24.8. The van der Waals surface area contributed by atoms with E-state index in [4.69, 9.17) is 11.6 Å². The predicted molar refractivity (Wildman–Crippen MR) is 162 cm³/mol. The van der Waals surface area contributed by atoms with Crippen molar-refractivity contribution in [3.8, 4) is 11.1 Å². The van der Waals surface area contributed by atoms with Crippen molar-refractivity contribution in [2.75, 3.05) is 43.4 Å². The molecule has 5 rings (SSSR count). The number of amidine groups is 1. The summed E-state index contributed by atoms with van der Waals surface area (Å²) in [6.45, 7) is 8.16. The van der Waals surface area contributed by atoms with Crippen LogP contribution in [0.15, 0.2) is 43.1 Å². The molecular weight excluding hydrogens is 581 g/mol. The number of hydrogen-bond donors (Lipinski definition) is 3. The Morgan fingerprint density at radius 2 is 1.86 bits per heavy atom. The van der Waals surface area contributed by atoms with Gasteiger partial charge in [-0.15, -0.1) is 0 Å². The minimum absolute atomic E-state index is 0.0683. The van der Waals surface area contributed by atoms with E-state index >= 15 is 13.2 Å². The number of pyridine rings is 1. The highest BCUT2D eigenvalue weighted by molar-refractivity contribution is 6.37. The minimum atomic E-state index is -1.07. The van der Waals surface area contributed by atoms with E-state index in [1.807, 2.05) is 0 Å². The first-order valence-electron chi connectivity index (χ1n) is 13.8. The maximum atomic E-state index is 16.9. The van der Waals surface area contributed by atoms with Crippen LogP contribution in [0.5, 0.6) is 0 Å². The number of halogens is 4. The number of nitrogens with zero attached hydrogens (tertiary/aromatic N) is 4. The second kappa shape index (κ2) is 11.9. The van der Waals surface area contributed by atoms with Gasteiger partial charge < -0.3 is 25.1 Å². The molecular formula is C31H32ClF3N6O2. The number of aryl methyl sites for hydroxylation is 1. The maximum Gasteiger partial charge on any atom is 0.246 e. The van der Waals surface area contributed by atoms with Crippen LogP contribution in [0.2, 0.25) is 5.02 Å². The molecule has 2 aliphatic rings. The van der Waals surface area contributed by atoms with Crippen molar-refractivity contribution < 1.29 is 23.1 Å². The topological polar surface area (TPSA) is 95.8 Å². The van der Waals surface area contributed by atoms with E-state index in [2.05, 4.69) is 16.9 Å². The zero-order valence-electron chi connectivity index (χ0n) is 24.0. The first-order valence-corrected chi connectivity index (χ1v) is 14.2. The molecule has 2 unspecified atom stereocenters. The number of carbonyl (C=O) groups is 1. The monoisotopic (exact) mass is 612 g/mol. The molecule has 1 saturated heterocycles. The van der Waals surface area contributed by atoms with E-state index in [0.717, 1.165) is 12.1 Å². The second-order valence-electron chi connectivity index (χ2n) is 10.8. The summed E-state index contributed by atoms with van der Waals surface area (Å²) in [5.74, 6) is -3.35. The average molecular weight is 613 g/mol. The first-order chi connectivity index (χ1) is 20.5.